The molecule has 0 heterocycles. The Morgan fingerprint density at radius 2 is 1.45 bits per heavy atom. The maximum atomic E-state index is 3.73. The summed E-state index contributed by atoms with van der Waals surface area (Å²) in [6.45, 7) is 2.30. The predicted octanol–water partition coefficient (Wildman–Crippen LogP) is 4.27. The van der Waals surface area contributed by atoms with Crippen LogP contribution in [0, 0.1) is 29.6 Å². The number of nitrogens with one attached hydrogen (secondary N) is 1. The van der Waals surface area contributed by atoms with E-state index < -0.39 is 0 Å². The molecule has 0 unspecified atom stereocenters. The fourth-order valence-corrected chi connectivity index (χ4v) is 5.35. The summed E-state index contributed by atoms with van der Waals surface area (Å²) >= 11 is 0. The van der Waals surface area contributed by atoms with Gasteiger partial charge in [0.1, 0.15) is 0 Å². The molecular weight excluding hydrogens is 266 g/mol. The van der Waals surface area contributed by atoms with Gasteiger partial charge in [-0.2, -0.15) is 0 Å². The minimum absolute atomic E-state index is 0. The molecule has 1 nitrogen and oxygen atoms in total. The maximum absolute atomic E-state index is 3.73. The van der Waals surface area contributed by atoms with Gasteiger partial charge in [-0.25, -0.2) is 0 Å². The standard InChI is InChI=1S/C18H25N.ClH/c1-2-4-13(5-3-1)11-19-12-18-16-7-14-6-15(9-16)10-17(18)8-14;/h1-5,14-19H,6-12H2;1H. The van der Waals surface area contributed by atoms with Crippen molar-refractivity contribution in [1.29, 1.82) is 0 Å². The quantitative estimate of drug-likeness (QED) is 0.873. The van der Waals surface area contributed by atoms with Crippen molar-refractivity contribution in [2.24, 2.45) is 29.6 Å². The highest BCUT2D eigenvalue weighted by Gasteiger charge is 2.47. The molecule has 110 valence electrons. The summed E-state index contributed by atoms with van der Waals surface area (Å²) in [4.78, 5) is 0. The van der Waals surface area contributed by atoms with Crippen LogP contribution in [0.25, 0.3) is 0 Å². The van der Waals surface area contributed by atoms with Gasteiger partial charge in [0.2, 0.25) is 0 Å². The van der Waals surface area contributed by atoms with E-state index in [-0.39, 0.29) is 12.4 Å². The van der Waals surface area contributed by atoms with E-state index in [1.807, 2.05) is 0 Å². The Balaban J connectivity index is 0.00000121. The number of benzene rings is 1. The van der Waals surface area contributed by atoms with Crippen molar-refractivity contribution in [2.75, 3.05) is 6.54 Å². The van der Waals surface area contributed by atoms with Crippen molar-refractivity contribution in [3.05, 3.63) is 35.9 Å². The monoisotopic (exact) mass is 291 g/mol. The zero-order valence-electron chi connectivity index (χ0n) is 12.1. The molecule has 0 atom stereocenters. The lowest BCUT2D eigenvalue weighted by Crippen LogP contribution is -2.48. The van der Waals surface area contributed by atoms with Gasteiger partial charge in [-0.3, -0.25) is 0 Å². The van der Waals surface area contributed by atoms with E-state index in [0.717, 1.165) is 36.1 Å². The molecular formula is C18H26ClN. The van der Waals surface area contributed by atoms with Crippen LogP contribution in [0.5, 0.6) is 0 Å². The van der Waals surface area contributed by atoms with Crippen LogP contribution in [0.3, 0.4) is 0 Å². The Labute approximate surface area is 128 Å². The average Bonchev–Trinajstić information content (AvgIpc) is 2.42. The number of hydrogen-bond donors (Lipinski definition) is 1. The smallest absolute Gasteiger partial charge is 0.0205 e. The lowest BCUT2D eigenvalue weighted by Gasteiger charge is -2.54. The third-order valence-electron chi connectivity index (χ3n) is 5.97. The van der Waals surface area contributed by atoms with E-state index in [9.17, 15) is 0 Å². The Hall–Kier alpha value is -0.530. The van der Waals surface area contributed by atoms with Gasteiger partial charge < -0.3 is 5.32 Å². The molecule has 4 aliphatic carbocycles. The van der Waals surface area contributed by atoms with Crippen LogP contribution < -0.4 is 5.32 Å². The molecule has 1 aromatic carbocycles. The number of hydrogen-bond acceptors (Lipinski definition) is 1. The SMILES string of the molecule is Cl.c1ccc(CNCC2C3CC4CC(C3)CC2C4)cc1. The molecule has 4 saturated carbocycles. The van der Waals surface area contributed by atoms with Crippen LogP contribution in [0.15, 0.2) is 30.3 Å². The zero-order chi connectivity index (χ0) is 12.7. The van der Waals surface area contributed by atoms with Crippen LogP contribution in [0.4, 0.5) is 0 Å². The first-order valence-electron chi connectivity index (χ1n) is 8.13. The van der Waals surface area contributed by atoms with Crippen molar-refractivity contribution >= 4 is 12.4 Å². The first-order valence-corrected chi connectivity index (χ1v) is 8.13. The second kappa shape index (κ2) is 6.07. The molecule has 4 fully saturated rings. The van der Waals surface area contributed by atoms with E-state index in [1.54, 1.807) is 32.1 Å². The van der Waals surface area contributed by atoms with Crippen molar-refractivity contribution < 1.29 is 0 Å². The summed E-state index contributed by atoms with van der Waals surface area (Å²) in [5.41, 5.74) is 1.42. The lowest BCUT2D eigenvalue weighted by molar-refractivity contribution is -0.0355. The predicted molar refractivity (Wildman–Crippen MR) is 85.9 cm³/mol. The van der Waals surface area contributed by atoms with E-state index in [2.05, 4.69) is 35.6 Å². The van der Waals surface area contributed by atoms with Gasteiger partial charge in [0, 0.05) is 6.54 Å². The highest BCUT2D eigenvalue weighted by molar-refractivity contribution is 5.85. The second-order valence-electron chi connectivity index (χ2n) is 7.21. The second-order valence-corrected chi connectivity index (χ2v) is 7.21. The van der Waals surface area contributed by atoms with Gasteiger partial charge in [-0.15, -0.1) is 12.4 Å². The van der Waals surface area contributed by atoms with E-state index in [1.165, 1.54) is 12.1 Å². The van der Waals surface area contributed by atoms with Crippen LogP contribution in [-0.2, 0) is 6.54 Å². The Bertz CT molecular complexity index is 402. The van der Waals surface area contributed by atoms with Crippen LogP contribution in [0.1, 0.15) is 37.7 Å². The van der Waals surface area contributed by atoms with E-state index in [0.29, 0.717) is 0 Å². The summed E-state index contributed by atoms with van der Waals surface area (Å²) in [6.07, 6.45) is 7.75. The summed E-state index contributed by atoms with van der Waals surface area (Å²) in [5.74, 6) is 5.30. The van der Waals surface area contributed by atoms with Crippen LogP contribution in [0.2, 0.25) is 0 Å². The first kappa shape index (κ1) is 14.4. The molecule has 1 aromatic rings. The van der Waals surface area contributed by atoms with Gasteiger partial charge in [-0.05, 0) is 73.8 Å². The van der Waals surface area contributed by atoms with Crippen molar-refractivity contribution in [2.45, 2.75) is 38.6 Å². The molecule has 0 radical (unpaired) electrons. The van der Waals surface area contributed by atoms with Crippen LogP contribution >= 0.6 is 12.4 Å². The Kier molecular flexibility index (Phi) is 4.37. The van der Waals surface area contributed by atoms with Gasteiger partial charge in [0.15, 0.2) is 0 Å². The minimum Gasteiger partial charge on any atom is -0.312 e. The molecule has 2 heteroatoms. The molecule has 0 aliphatic heterocycles. The summed E-state index contributed by atoms with van der Waals surface area (Å²) in [6, 6.07) is 10.8. The Morgan fingerprint density at radius 1 is 0.850 bits per heavy atom. The topological polar surface area (TPSA) is 12.0 Å². The summed E-state index contributed by atoms with van der Waals surface area (Å²) < 4.78 is 0. The van der Waals surface area contributed by atoms with Gasteiger partial charge in [0.05, 0.1) is 0 Å². The molecule has 5 rings (SSSR count). The molecule has 0 amide bonds. The van der Waals surface area contributed by atoms with Gasteiger partial charge in [0.25, 0.3) is 0 Å². The fraction of sp³-hybridized carbons (Fsp3) is 0.667. The summed E-state index contributed by atoms with van der Waals surface area (Å²) in [7, 11) is 0. The highest BCUT2D eigenvalue weighted by atomic mass is 35.5. The molecule has 0 spiro atoms. The molecule has 20 heavy (non-hydrogen) atoms. The molecule has 4 aliphatic rings. The number of rotatable bonds is 4. The van der Waals surface area contributed by atoms with Crippen molar-refractivity contribution in [1.82, 2.24) is 5.32 Å². The molecule has 0 saturated heterocycles. The van der Waals surface area contributed by atoms with Gasteiger partial charge in [-0.1, -0.05) is 30.3 Å². The molecule has 0 aromatic heterocycles. The largest absolute Gasteiger partial charge is 0.312 e. The zero-order valence-corrected chi connectivity index (χ0v) is 12.9. The van der Waals surface area contributed by atoms with E-state index in [4.69, 9.17) is 0 Å². The fourth-order valence-electron chi connectivity index (χ4n) is 5.35. The van der Waals surface area contributed by atoms with Gasteiger partial charge >= 0.3 is 0 Å². The normalized spacial score (nSPS) is 37.7. The lowest BCUT2D eigenvalue weighted by atomic mass is 9.52. The molecule has 1 N–H and O–H groups in total. The summed E-state index contributed by atoms with van der Waals surface area (Å²) in [5, 5.41) is 3.73. The highest BCUT2D eigenvalue weighted by Crippen LogP contribution is 2.56. The molecule has 4 bridgehead atoms. The minimum atomic E-state index is 0. The Morgan fingerprint density at radius 3 is 2.05 bits per heavy atom. The van der Waals surface area contributed by atoms with E-state index >= 15 is 0 Å². The van der Waals surface area contributed by atoms with Crippen molar-refractivity contribution in [3.8, 4) is 0 Å². The third-order valence-corrected chi connectivity index (χ3v) is 5.97. The maximum Gasteiger partial charge on any atom is 0.0205 e. The van der Waals surface area contributed by atoms with Crippen LogP contribution in [-0.4, -0.2) is 6.54 Å². The first-order chi connectivity index (χ1) is 9.38. The number of halogens is 1. The van der Waals surface area contributed by atoms with Crippen molar-refractivity contribution in [3.63, 3.8) is 0 Å². The average molecular weight is 292 g/mol. The third kappa shape index (κ3) is 2.76.